The molecule has 1 aliphatic carbocycles. The van der Waals surface area contributed by atoms with E-state index in [4.69, 9.17) is 0 Å². The van der Waals surface area contributed by atoms with Crippen molar-refractivity contribution in [1.82, 2.24) is 4.57 Å². The van der Waals surface area contributed by atoms with Crippen molar-refractivity contribution >= 4 is 17.0 Å². The number of rotatable bonds is 2. The number of halogens is 1. The van der Waals surface area contributed by atoms with Crippen LogP contribution in [0.25, 0.3) is 10.9 Å². The molecule has 86 valence electrons. The Morgan fingerprint density at radius 1 is 1.41 bits per heavy atom. The Kier molecular flexibility index (Phi) is 1.98. The van der Waals surface area contributed by atoms with Crippen LogP contribution in [0.4, 0.5) is 4.39 Å². The zero-order valence-corrected chi connectivity index (χ0v) is 9.40. The molecule has 1 saturated carbocycles. The van der Waals surface area contributed by atoms with Gasteiger partial charge in [0.25, 0.3) is 0 Å². The van der Waals surface area contributed by atoms with Crippen LogP contribution < -0.4 is 0 Å². The molecule has 1 heterocycles. The van der Waals surface area contributed by atoms with Crippen LogP contribution in [0.5, 0.6) is 0 Å². The lowest BCUT2D eigenvalue weighted by atomic mass is 10.0. The maximum atomic E-state index is 14.3. The number of aryl methyl sites for hydroxylation is 1. The topological polar surface area (TPSA) is 34.4 Å². The number of isocyanates is 1. The second kappa shape index (κ2) is 3.28. The third-order valence-electron chi connectivity index (χ3n) is 3.49. The molecular weight excluding hydrogens is 219 g/mol. The first-order valence-corrected chi connectivity index (χ1v) is 5.51. The Bertz CT molecular complexity index is 649. The van der Waals surface area contributed by atoms with Crippen molar-refractivity contribution in [3.8, 4) is 0 Å². The minimum atomic E-state index is -0.643. The van der Waals surface area contributed by atoms with Gasteiger partial charge in [0, 0.05) is 24.2 Å². The van der Waals surface area contributed by atoms with Gasteiger partial charge in [0.05, 0.1) is 5.52 Å². The Balaban J connectivity index is 2.25. The maximum Gasteiger partial charge on any atom is 0.235 e. The molecule has 0 amide bonds. The second-order valence-electron chi connectivity index (χ2n) is 4.52. The fourth-order valence-corrected chi connectivity index (χ4v) is 2.32. The Morgan fingerprint density at radius 3 is 2.82 bits per heavy atom. The van der Waals surface area contributed by atoms with Crippen LogP contribution in [0.15, 0.2) is 29.4 Å². The van der Waals surface area contributed by atoms with E-state index in [1.54, 1.807) is 18.2 Å². The van der Waals surface area contributed by atoms with Crippen molar-refractivity contribution in [1.29, 1.82) is 0 Å². The molecule has 17 heavy (non-hydrogen) atoms. The van der Waals surface area contributed by atoms with Gasteiger partial charge in [0.15, 0.2) is 0 Å². The maximum absolute atomic E-state index is 14.3. The van der Waals surface area contributed by atoms with Gasteiger partial charge in [0.1, 0.15) is 11.4 Å². The zero-order chi connectivity index (χ0) is 12.0. The average Bonchev–Trinajstić information content (AvgIpc) is 2.98. The normalized spacial score (nSPS) is 16.8. The summed E-state index contributed by atoms with van der Waals surface area (Å²) in [5.41, 5.74) is 0.715. The monoisotopic (exact) mass is 230 g/mol. The molecule has 1 aliphatic rings. The molecule has 0 bridgehead atoms. The van der Waals surface area contributed by atoms with E-state index in [-0.39, 0.29) is 5.82 Å². The van der Waals surface area contributed by atoms with Crippen LogP contribution in [0.1, 0.15) is 18.4 Å². The van der Waals surface area contributed by atoms with Crippen molar-refractivity contribution in [3.63, 3.8) is 0 Å². The van der Waals surface area contributed by atoms with Crippen molar-refractivity contribution in [3.05, 3.63) is 35.8 Å². The number of nitrogens with zero attached hydrogens (tertiary/aromatic N) is 2. The van der Waals surface area contributed by atoms with E-state index in [1.807, 2.05) is 23.9 Å². The minimum Gasteiger partial charge on any atom is -0.350 e. The van der Waals surface area contributed by atoms with Gasteiger partial charge in [-0.05, 0) is 25.0 Å². The van der Waals surface area contributed by atoms with Crippen molar-refractivity contribution in [2.75, 3.05) is 0 Å². The highest BCUT2D eigenvalue weighted by molar-refractivity contribution is 5.82. The van der Waals surface area contributed by atoms with Crippen LogP contribution >= 0.6 is 0 Å². The van der Waals surface area contributed by atoms with E-state index in [2.05, 4.69) is 4.99 Å². The van der Waals surface area contributed by atoms with Gasteiger partial charge in [-0.15, -0.1) is 0 Å². The zero-order valence-electron chi connectivity index (χ0n) is 9.40. The quantitative estimate of drug-likeness (QED) is 0.577. The molecule has 0 spiro atoms. The van der Waals surface area contributed by atoms with Crippen molar-refractivity contribution in [2.24, 2.45) is 12.0 Å². The van der Waals surface area contributed by atoms with Crippen LogP contribution in [0, 0.1) is 5.82 Å². The highest BCUT2D eigenvalue weighted by Gasteiger charge is 2.47. The van der Waals surface area contributed by atoms with Gasteiger partial charge >= 0.3 is 0 Å². The van der Waals surface area contributed by atoms with Gasteiger partial charge < -0.3 is 4.57 Å². The third kappa shape index (κ3) is 1.34. The average molecular weight is 230 g/mol. The first kappa shape index (κ1) is 10.2. The number of benzene rings is 1. The van der Waals surface area contributed by atoms with Crippen LogP contribution in [0.3, 0.4) is 0 Å². The number of hydrogen-bond donors (Lipinski definition) is 0. The summed E-state index contributed by atoms with van der Waals surface area (Å²) in [5.74, 6) is -0.264. The molecule has 1 aromatic carbocycles. The Labute approximate surface area is 97.6 Å². The van der Waals surface area contributed by atoms with Gasteiger partial charge in [-0.25, -0.2) is 9.18 Å². The van der Waals surface area contributed by atoms with E-state index in [0.29, 0.717) is 10.9 Å². The molecule has 4 heteroatoms. The number of aliphatic imine (C=N–C) groups is 1. The number of aromatic nitrogens is 1. The molecule has 1 fully saturated rings. The van der Waals surface area contributed by atoms with E-state index in [9.17, 15) is 9.18 Å². The fourth-order valence-electron chi connectivity index (χ4n) is 2.32. The molecule has 3 rings (SSSR count). The molecule has 1 aromatic heterocycles. The molecule has 0 N–H and O–H groups in total. The predicted molar refractivity (Wildman–Crippen MR) is 61.9 cm³/mol. The first-order valence-electron chi connectivity index (χ1n) is 5.51. The molecule has 0 aliphatic heterocycles. The number of carbonyl (C=O) groups excluding carboxylic acids is 1. The SMILES string of the molecule is Cn1ccc2c(F)c(C3(N=C=O)CC3)ccc21. The number of hydrogen-bond acceptors (Lipinski definition) is 2. The summed E-state index contributed by atoms with van der Waals surface area (Å²) in [7, 11) is 1.87. The highest BCUT2D eigenvalue weighted by Crippen LogP contribution is 2.50. The Hall–Kier alpha value is -1.93. The van der Waals surface area contributed by atoms with Gasteiger partial charge in [0.2, 0.25) is 6.08 Å². The third-order valence-corrected chi connectivity index (χ3v) is 3.49. The molecule has 0 atom stereocenters. The lowest BCUT2D eigenvalue weighted by Gasteiger charge is -2.10. The van der Waals surface area contributed by atoms with Crippen molar-refractivity contribution in [2.45, 2.75) is 18.4 Å². The van der Waals surface area contributed by atoms with Gasteiger partial charge in [-0.2, -0.15) is 4.99 Å². The summed E-state index contributed by atoms with van der Waals surface area (Å²) < 4.78 is 16.2. The molecule has 2 aromatic rings. The van der Waals surface area contributed by atoms with E-state index in [0.717, 1.165) is 18.4 Å². The summed E-state index contributed by atoms with van der Waals surface area (Å²) in [5, 5.41) is 0.581. The molecular formula is C13H11FN2O. The van der Waals surface area contributed by atoms with E-state index in [1.165, 1.54) is 0 Å². The second-order valence-corrected chi connectivity index (χ2v) is 4.52. The van der Waals surface area contributed by atoms with Gasteiger partial charge in [-0.1, -0.05) is 6.07 Å². The lowest BCUT2D eigenvalue weighted by Crippen LogP contribution is -2.05. The summed E-state index contributed by atoms with van der Waals surface area (Å²) >= 11 is 0. The minimum absolute atomic E-state index is 0.264. The smallest absolute Gasteiger partial charge is 0.235 e. The largest absolute Gasteiger partial charge is 0.350 e. The Morgan fingerprint density at radius 2 is 2.18 bits per heavy atom. The van der Waals surface area contributed by atoms with E-state index >= 15 is 0 Å². The van der Waals surface area contributed by atoms with Gasteiger partial charge in [-0.3, -0.25) is 0 Å². The lowest BCUT2D eigenvalue weighted by molar-refractivity contribution is 0.550. The predicted octanol–water partition coefficient (Wildman–Crippen LogP) is 2.64. The summed E-state index contributed by atoms with van der Waals surface area (Å²) in [6, 6.07) is 5.34. The van der Waals surface area contributed by atoms with Crippen molar-refractivity contribution < 1.29 is 9.18 Å². The summed E-state index contributed by atoms with van der Waals surface area (Å²) in [6.45, 7) is 0. The molecule has 0 unspecified atom stereocenters. The van der Waals surface area contributed by atoms with Crippen LogP contribution in [0.2, 0.25) is 0 Å². The first-order chi connectivity index (χ1) is 8.18. The van der Waals surface area contributed by atoms with Crippen LogP contribution in [-0.4, -0.2) is 10.6 Å². The van der Waals surface area contributed by atoms with Crippen LogP contribution in [-0.2, 0) is 17.4 Å². The molecule has 0 saturated heterocycles. The highest BCUT2D eigenvalue weighted by atomic mass is 19.1. The molecule has 3 nitrogen and oxygen atoms in total. The fraction of sp³-hybridized carbons (Fsp3) is 0.308. The van der Waals surface area contributed by atoms with E-state index < -0.39 is 5.54 Å². The summed E-state index contributed by atoms with van der Waals surface area (Å²) in [4.78, 5) is 14.2. The standard InChI is InChI=1S/C13H11FN2O/c1-16-7-4-9-11(16)3-2-10(12(9)14)13(5-6-13)15-8-17/h2-4,7H,5-6H2,1H3. The summed E-state index contributed by atoms with van der Waals surface area (Å²) in [6.07, 6.45) is 4.81. The molecule has 0 radical (unpaired) electrons. The number of fused-ring (bicyclic) bond motifs is 1.